The first-order valence-electron chi connectivity index (χ1n) is 13.7. The average molecular weight is 510 g/mol. The Morgan fingerprint density at radius 1 is 0.429 bits per heavy atom. The Bertz CT molecular complexity index is 557. The summed E-state index contributed by atoms with van der Waals surface area (Å²) in [5.41, 5.74) is 0. The smallest absolute Gasteiger partial charge is 0.200 e. The van der Waals surface area contributed by atoms with Crippen LogP contribution in [-0.4, -0.2) is 30.7 Å². The molecule has 0 aliphatic rings. The molecule has 0 saturated carbocycles. The van der Waals surface area contributed by atoms with Crippen LogP contribution in [0.1, 0.15) is 118 Å². The molecule has 0 N–H and O–H groups in total. The van der Waals surface area contributed by atoms with Crippen LogP contribution in [0, 0.1) is 29.1 Å². The number of nitrogens with zero attached hydrogens (tertiary/aromatic N) is 1. The Morgan fingerprint density at radius 2 is 0.714 bits per heavy atom. The Kier molecular flexibility index (Phi) is 19.0. The maximum absolute atomic E-state index is 12.1. The average Bonchev–Trinajstić information content (AvgIpc) is 2.87. The van der Waals surface area contributed by atoms with Crippen molar-refractivity contribution < 1.29 is 31.5 Å². The molecular weight excluding hydrogens is 461 g/mol. The zero-order valence-corrected chi connectivity index (χ0v) is 22.5. The molecule has 0 aromatic heterocycles. The van der Waals surface area contributed by atoms with Crippen LogP contribution in [0.2, 0.25) is 0 Å². The lowest BCUT2D eigenvalue weighted by atomic mass is 10.1. The molecule has 0 spiro atoms. The second-order valence-electron chi connectivity index (χ2n) is 9.67. The van der Waals surface area contributed by atoms with Crippen molar-refractivity contribution in [2.75, 3.05) is 26.2 Å². The minimum Gasteiger partial charge on any atom is -0.868 e. The van der Waals surface area contributed by atoms with Gasteiger partial charge >= 0.3 is 0 Å². The van der Waals surface area contributed by atoms with E-state index < -0.39 is 34.8 Å². The van der Waals surface area contributed by atoms with Gasteiger partial charge in [-0.1, -0.05) is 85.5 Å². The van der Waals surface area contributed by atoms with Crippen LogP contribution in [0.3, 0.4) is 0 Å². The fourth-order valence-corrected chi connectivity index (χ4v) is 4.32. The second kappa shape index (κ2) is 19.8. The molecule has 1 aromatic carbocycles. The van der Waals surface area contributed by atoms with Crippen molar-refractivity contribution in [3.63, 3.8) is 0 Å². The topological polar surface area (TPSA) is 23.1 Å². The van der Waals surface area contributed by atoms with E-state index in [1.807, 2.05) is 0 Å². The normalized spacial score (nSPS) is 11.5. The lowest BCUT2D eigenvalue weighted by Gasteiger charge is -2.39. The summed E-state index contributed by atoms with van der Waals surface area (Å²) in [6.07, 6.45) is 19.9. The van der Waals surface area contributed by atoms with Crippen LogP contribution < -0.4 is 5.11 Å². The summed E-state index contributed by atoms with van der Waals surface area (Å²) in [7, 11) is 0. The van der Waals surface area contributed by atoms with Crippen LogP contribution in [0.25, 0.3) is 0 Å². The molecule has 2 nitrogen and oxygen atoms in total. The number of halogens is 5. The molecular formula is C28H48F5NO. The molecule has 0 bridgehead atoms. The highest BCUT2D eigenvalue weighted by molar-refractivity contribution is 5.26. The predicted octanol–water partition coefficient (Wildman–Crippen LogP) is 8.80. The SMILES string of the molecule is CCCCCCCCCC[N+](CCCC)(CCCC)CCCC.[O-]c1c(F)c(F)c(F)c(F)c1F. The third kappa shape index (κ3) is 12.9. The maximum Gasteiger partial charge on any atom is 0.200 e. The molecule has 0 amide bonds. The quantitative estimate of drug-likeness (QED) is 0.0637. The van der Waals surface area contributed by atoms with E-state index in [-0.39, 0.29) is 0 Å². The predicted molar refractivity (Wildman–Crippen MR) is 133 cm³/mol. The Hall–Kier alpha value is -1.37. The fraction of sp³-hybridized carbons (Fsp3) is 0.786. The third-order valence-electron chi connectivity index (χ3n) is 6.61. The minimum absolute atomic E-state index is 1.36. The number of benzene rings is 1. The van der Waals surface area contributed by atoms with Crippen molar-refractivity contribution in [1.82, 2.24) is 0 Å². The second-order valence-corrected chi connectivity index (χ2v) is 9.67. The van der Waals surface area contributed by atoms with Crippen molar-refractivity contribution in [2.45, 2.75) is 118 Å². The largest absolute Gasteiger partial charge is 0.868 e. The van der Waals surface area contributed by atoms with Crippen molar-refractivity contribution in [2.24, 2.45) is 0 Å². The van der Waals surface area contributed by atoms with Gasteiger partial charge in [-0.05, 0) is 37.9 Å². The van der Waals surface area contributed by atoms with E-state index in [2.05, 4.69) is 27.7 Å². The summed E-state index contributed by atoms with van der Waals surface area (Å²) in [6, 6.07) is 0. The van der Waals surface area contributed by atoms with Crippen LogP contribution in [0.5, 0.6) is 5.75 Å². The summed E-state index contributed by atoms with van der Waals surface area (Å²) in [6.45, 7) is 15.1. The Balaban J connectivity index is 0.000000801. The molecule has 0 fully saturated rings. The molecule has 0 aliphatic carbocycles. The van der Waals surface area contributed by atoms with Gasteiger partial charge < -0.3 is 9.59 Å². The molecule has 0 aliphatic heterocycles. The molecule has 35 heavy (non-hydrogen) atoms. The first kappa shape index (κ1) is 33.6. The zero-order valence-electron chi connectivity index (χ0n) is 22.5. The van der Waals surface area contributed by atoms with Gasteiger partial charge in [0.15, 0.2) is 29.1 Å². The monoisotopic (exact) mass is 509 g/mol. The van der Waals surface area contributed by atoms with E-state index in [9.17, 15) is 27.1 Å². The summed E-state index contributed by atoms with van der Waals surface area (Å²) < 4.78 is 61.8. The molecule has 0 saturated heterocycles. The molecule has 0 heterocycles. The number of rotatable bonds is 18. The minimum atomic E-state index is -2.33. The van der Waals surface area contributed by atoms with Crippen molar-refractivity contribution in [3.8, 4) is 5.75 Å². The Morgan fingerprint density at radius 3 is 1.09 bits per heavy atom. The fourth-order valence-electron chi connectivity index (χ4n) is 4.32. The van der Waals surface area contributed by atoms with Crippen LogP contribution in [-0.2, 0) is 0 Å². The number of unbranched alkanes of at least 4 members (excludes halogenated alkanes) is 10. The molecule has 0 atom stereocenters. The Labute approximate surface area is 210 Å². The highest BCUT2D eigenvalue weighted by Gasteiger charge is 2.25. The first-order valence-corrected chi connectivity index (χ1v) is 13.7. The van der Waals surface area contributed by atoms with E-state index in [0.29, 0.717) is 0 Å². The standard InChI is InChI=1S/C22H48N.C6HF5O/c1-5-9-13-14-15-16-17-18-22-23(19-10-6-2,20-11-7-3)21-12-8-4;7-1-2(8)4(10)6(12)5(11)3(1)9/h5-22H2,1-4H3;12H/q+1;/p-1. The van der Waals surface area contributed by atoms with E-state index in [1.165, 1.54) is 121 Å². The molecule has 1 aromatic rings. The van der Waals surface area contributed by atoms with Crippen molar-refractivity contribution >= 4 is 0 Å². The lowest BCUT2D eigenvalue weighted by molar-refractivity contribution is -0.929. The van der Waals surface area contributed by atoms with E-state index in [4.69, 9.17) is 0 Å². The van der Waals surface area contributed by atoms with E-state index in [1.54, 1.807) is 0 Å². The van der Waals surface area contributed by atoms with Gasteiger partial charge in [0.2, 0.25) is 0 Å². The maximum atomic E-state index is 12.1. The zero-order chi connectivity index (χ0) is 26.7. The highest BCUT2D eigenvalue weighted by Crippen LogP contribution is 2.25. The molecule has 7 heteroatoms. The van der Waals surface area contributed by atoms with Gasteiger partial charge in [-0.15, -0.1) is 0 Å². The van der Waals surface area contributed by atoms with Crippen molar-refractivity contribution in [3.05, 3.63) is 29.1 Å². The summed E-state index contributed by atoms with van der Waals surface area (Å²) >= 11 is 0. The number of hydrogen-bond donors (Lipinski definition) is 0. The van der Waals surface area contributed by atoms with Gasteiger partial charge in [-0.25, -0.2) is 22.0 Å². The van der Waals surface area contributed by atoms with E-state index in [0.717, 1.165) is 0 Å². The highest BCUT2D eigenvalue weighted by atomic mass is 19.2. The molecule has 1 rings (SSSR count). The summed E-state index contributed by atoms with van der Waals surface area (Å²) in [4.78, 5) is 0. The first-order chi connectivity index (χ1) is 16.7. The molecule has 206 valence electrons. The molecule has 0 unspecified atom stereocenters. The van der Waals surface area contributed by atoms with Gasteiger partial charge in [0, 0.05) is 0 Å². The number of hydrogen-bond acceptors (Lipinski definition) is 1. The van der Waals surface area contributed by atoms with Crippen LogP contribution in [0.15, 0.2) is 0 Å². The number of quaternary nitrogens is 1. The summed E-state index contributed by atoms with van der Waals surface area (Å²) in [5, 5.41) is 10.2. The van der Waals surface area contributed by atoms with Gasteiger partial charge in [-0.3, -0.25) is 0 Å². The lowest BCUT2D eigenvalue weighted by Crippen LogP contribution is -2.50. The van der Waals surface area contributed by atoms with Crippen LogP contribution >= 0.6 is 0 Å². The van der Waals surface area contributed by atoms with Gasteiger partial charge in [0.1, 0.15) is 0 Å². The van der Waals surface area contributed by atoms with Gasteiger partial charge in [0.05, 0.1) is 26.2 Å². The van der Waals surface area contributed by atoms with Gasteiger partial charge in [0.25, 0.3) is 0 Å². The van der Waals surface area contributed by atoms with E-state index >= 15 is 0 Å². The van der Waals surface area contributed by atoms with Crippen LogP contribution in [0.4, 0.5) is 22.0 Å². The summed E-state index contributed by atoms with van der Waals surface area (Å²) in [5.74, 6) is -13.6. The molecule has 0 radical (unpaired) electrons. The van der Waals surface area contributed by atoms with Crippen molar-refractivity contribution in [1.29, 1.82) is 0 Å². The third-order valence-corrected chi connectivity index (χ3v) is 6.61. The van der Waals surface area contributed by atoms with Gasteiger partial charge in [-0.2, -0.15) is 0 Å².